The van der Waals surface area contributed by atoms with Crippen molar-refractivity contribution in [3.8, 4) is 0 Å². The van der Waals surface area contributed by atoms with Crippen molar-refractivity contribution in [3.63, 3.8) is 0 Å². The van der Waals surface area contributed by atoms with E-state index in [0.29, 0.717) is 0 Å². The van der Waals surface area contributed by atoms with Crippen molar-refractivity contribution in [1.29, 1.82) is 0 Å². The zero-order valence-corrected chi connectivity index (χ0v) is 13.8. The number of carbonyl (C=O) groups is 1. The largest absolute Gasteiger partial charge is 0.345 e. The fraction of sp³-hybridized carbons (Fsp3) is 0.611. The summed E-state index contributed by atoms with van der Waals surface area (Å²) in [7, 11) is 2.00. The van der Waals surface area contributed by atoms with Gasteiger partial charge in [-0.15, -0.1) is 11.3 Å². The van der Waals surface area contributed by atoms with Gasteiger partial charge >= 0.3 is 0 Å². The van der Waals surface area contributed by atoms with Crippen molar-refractivity contribution in [2.75, 3.05) is 0 Å². The molecule has 0 saturated heterocycles. The van der Waals surface area contributed by atoms with Crippen LogP contribution in [-0.4, -0.2) is 16.0 Å². The molecule has 6 rings (SSSR count). The van der Waals surface area contributed by atoms with E-state index >= 15 is 0 Å². The molecule has 22 heavy (non-hydrogen) atoms. The molecule has 4 aliphatic rings. The molecular formula is C18H22N2OS. The summed E-state index contributed by atoms with van der Waals surface area (Å²) >= 11 is 1.71. The van der Waals surface area contributed by atoms with Gasteiger partial charge in [-0.05, 0) is 73.8 Å². The average molecular weight is 314 g/mol. The third-order valence-electron chi connectivity index (χ3n) is 6.31. The third kappa shape index (κ3) is 1.82. The van der Waals surface area contributed by atoms with Gasteiger partial charge in [0.25, 0.3) is 5.91 Å². The molecule has 4 aliphatic carbocycles. The van der Waals surface area contributed by atoms with Gasteiger partial charge in [0.05, 0.1) is 10.2 Å². The highest BCUT2D eigenvalue weighted by Crippen LogP contribution is 2.55. The molecule has 3 nitrogen and oxygen atoms in total. The van der Waals surface area contributed by atoms with E-state index in [1.165, 1.54) is 48.7 Å². The molecule has 2 aromatic heterocycles. The topological polar surface area (TPSA) is 34.0 Å². The van der Waals surface area contributed by atoms with Crippen molar-refractivity contribution in [1.82, 2.24) is 9.88 Å². The summed E-state index contributed by atoms with van der Waals surface area (Å²) in [6.45, 7) is 0. The van der Waals surface area contributed by atoms with Crippen molar-refractivity contribution < 1.29 is 4.79 Å². The monoisotopic (exact) mass is 314 g/mol. The molecule has 4 saturated carbocycles. The van der Waals surface area contributed by atoms with Crippen LogP contribution in [0.4, 0.5) is 0 Å². The van der Waals surface area contributed by atoms with E-state index in [2.05, 4.69) is 22.8 Å². The Bertz CT molecular complexity index is 721. The van der Waals surface area contributed by atoms with Crippen LogP contribution < -0.4 is 5.32 Å². The predicted molar refractivity (Wildman–Crippen MR) is 89.2 cm³/mol. The number of carbonyl (C=O) groups excluding carboxylic acids is 1. The Hall–Kier alpha value is -1.29. The number of rotatable bonds is 2. The van der Waals surface area contributed by atoms with Gasteiger partial charge in [0.2, 0.25) is 0 Å². The summed E-state index contributed by atoms with van der Waals surface area (Å²) in [5.74, 6) is 2.73. The van der Waals surface area contributed by atoms with Crippen molar-refractivity contribution in [3.05, 3.63) is 23.2 Å². The minimum Gasteiger partial charge on any atom is -0.345 e. The second-order valence-electron chi connectivity index (χ2n) is 7.91. The summed E-state index contributed by atoms with van der Waals surface area (Å²) in [6, 6.07) is 4.15. The summed E-state index contributed by atoms with van der Waals surface area (Å²) in [5, 5.41) is 5.57. The summed E-state index contributed by atoms with van der Waals surface area (Å²) in [6.07, 6.45) is 7.87. The Morgan fingerprint density at radius 3 is 2.45 bits per heavy atom. The van der Waals surface area contributed by atoms with Gasteiger partial charge in [0.1, 0.15) is 5.69 Å². The lowest BCUT2D eigenvalue weighted by molar-refractivity contribution is -0.0168. The maximum absolute atomic E-state index is 12.9. The van der Waals surface area contributed by atoms with Gasteiger partial charge in [-0.25, -0.2) is 0 Å². The molecule has 4 heteroatoms. The second-order valence-corrected chi connectivity index (χ2v) is 8.86. The number of hydrogen-bond acceptors (Lipinski definition) is 2. The first kappa shape index (κ1) is 13.2. The Kier molecular flexibility index (Phi) is 2.62. The lowest BCUT2D eigenvalue weighted by Gasteiger charge is -2.56. The standard InChI is InChI=1S/C18H22N2OS/c1-20-14-2-3-22-16(14)7-15(20)17(21)19-18-8-11-4-12(9-18)6-13(5-11)10-18/h2-3,7,11-13H,4-6,8-10H2,1H3,(H,19,21). The SMILES string of the molecule is Cn1c(C(=O)NC23CC4CC(CC(C4)C2)C3)cc2sccc21. The highest BCUT2D eigenvalue weighted by Gasteiger charge is 2.51. The van der Waals surface area contributed by atoms with Gasteiger partial charge in [0, 0.05) is 12.6 Å². The normalized spacial score (nSPS) is 36.1. The first-order valence-electron chi connectivity index (χ1n) is 8.47. The molecule has 2 aromatic rings. The number of hydrogen-bond donors (Lipinski definition) is 1. The van der Waals surface area contributed by atoms with Crippen LogP contribution in [0.25, 0.3) is 10.2 Å². The number of nitrogens with one attached hydrogen (secondary N) is 1. The number of aryl methyl sites for hydroxylation is 1. The van der Waals surface area contributed by atoms with E-state index in [9.17, 15) is 4.79 Å². The van der Waals surface area contributed by atoms with Crippen LogP contribution in [0.1, 0.15) is 49.0 Å². The van der Waals surface area contributed by atoms with Gasteiger partial charge in [-0.2, -0.15) is 0 Å². The molecule has 0 atom stereocenters. The van der Waals surface area contributed by atoms with E-state index in [0.717, 1.165) is 23.4 Å². The van der Waals surface area contributed by atoms with E-state index in [1.54, 1.807) is 11.3 Å². The second kappa shape index (κ2) is 4.38. The zero-order valence-electron chi connectivity index (χ0n) is 13.0. The van der Waals surface area contributed by atoms with E-state index in [-0.39, 0.29) is 11.4 Å². The van der Waals surface area contributed by atoms with E-state index < -0.39 is 0 Å². The van der Waals surface area contributed by atoms with Crippen LogP contribution in [0.3, 0.4) is 0 Å². The van der Waals surface area contributed by atoms with Crippen LogP contribution in [0.2, 0.25) is 0 Å². The fourth-order valence-electron chi connectivity index (χ4n) is 5.84. The molecule has 0 radical (unpaired) electrons. The molecule has 116 valence electrons. The van der Waals surface area contributed by atoms with Crippen LogP contribution in [0, 0.1) is 17.8 Å². The molecule has 0 spiro atoms. The minimum absolute atomic E-state index is 0.101. The fourth-order valence-corrected chi connectivity index (χ4v) is 6.69. The third-order valence-corrected chi connectivity index (χ3v) is 7.17. The zero-order chi connectivity index (χ0) is 14.9. The Morgan fingerprint density at radius 1 is 1.23 bits per heavy atom. The lowest BCUT2D eigenvalue weighted by atomic mass is 9.53. The van der Waals surface area contributed by atoms with E-state index in [4.69, 9.17) is 0 Å². The number of amides is 1. The summed E-state index contributed by atoms with van der Waals surface area (Å²) < 4.78 is 3.25. The van der Waals surface area contributed by atoms with Crippen molar-refractivity contribution in [2.45, 2.75) is 44.1 Å². The van der Waals surface area contributed by atoms with Gasteiger partial charge in [-0.1, -0.05) is 0 Å². The van der Waals surface area contributed by atoms with Crippen molar-refractivity contribution >= 4 is 27.5 Å². The van der Waals surface area contributed by atoms with Gasteiger partial charge < -0.3 is 9.88 Å². The number of aromatic nitrogens is 1. The molecular weight excluding hydrogens is 292 g/mol. The molecule has 4 bridgehead atoms. The summed E-state index contributed by atoms with van der Waals surface area (Å²) in [4.78, 5) is 12.9. The van der Waals surface area contributed by atoms with Gasteiger partial charge in [-0.3, -0.25) is 4.79 Å². The predicted octanol–water partition coefficient (Wildman–Crippen LogP) is 3.94. The van der Waals surface area contributed by atoms with Gasteiger partial charge in [0.15, 0.2) is 0 Å². The Balaban J connectivity index is 1.44. The Labute approximate surface area is 134 Å². The molecule has 2 heterocycles. The first-order valence-corrected chi connectivity index (χ1v) is 9.35. The maximum atomic E-state index is 12.9. The average Bonchev–Trinajstić information content (AvgIpc) is 3.00. The van der Waals surface area contributed by atoms with Crippen LogP contribution in [0.15, 0.2) is 17.5 Å². The molecule has 1 N–H and O–H groups in total. The lowest BCUT2D eigenvalue weighted by Crippen LogP contribution is -2.60. The van der Waals surface area contributed by atoms with Crippen molar-refractivity contribution in [2.24, 2.45) is 24.8 Å². The van der Waals surface area contributed by atoms with Crippen LogP contribution in [0.5, 0.6) is 0 Å². The minimum atomic E-state index is 0.101. The highest BCUT2D eigenvalue weighted by molar-refractivity contribution is 7.17. The van der Waals surface area contributed by atoms with Crippen LogP contribution >= 0.6 is 11.3 Å². The summed E-state index contributed by atoms with van der Waals surface area (Å²) in [5.41, 5.74) is 2.09. The molecule has 1 amide bonds. The molecule has 0 aromatic carbocycles. The first-order chi connectivity index (χ1) is 10.6. The quantitative estimate of drug-likeness (QED) is 0.895. The maximum Gasteiger partial charge on any atom is 0.268 e. The molecule has 0 unspecified atom stereocenters. The van der Waals surface area contributed by atoms with Crippen LogP contribution in [-0.2, 0) is 7.05 Å². The molecule has 4 fully saturated rings. The number of fused-ring (bicyclic) bond motifs is 1. The van der Waals surface area contributed by atoms with E-state index in [1.807, 2.05) is 11.6 Å². The number of nitrogens with zero attached hydrogens (tertiary/aromatic N) is 1. The smallest absolute Gasteiger partial charge is 0.268 e. The number of thiophene rings is 1. The highest BCUT2D eigenvalue weighted by atomic mass is 32.1. The Morgan fingerprint density at radius 2 is 1.86 bits per heavy atom. The molecule has 0 aliphatic heterocycles.